The molecular weight excluding hydrogens is 357 g/mol. The number of fused-ring (bicyclic) bond motifs is 1. The third-order valence-electron chi connectivity index (χ3n) is 3.51. The van der Waals surface area contributed by atoms with E-state index in [1.54, 1.807) is 23.6 Å². The van der Waals surface area contributed by atoms with Crippen molar-refractivity contribution in [3.63, 3.8) is 0 Å². The van der Waals surface area contributed by atoms with Gasteiger partial charge in [-0.2, -0.15) is 5.26 Å². The Kier molecular flexibility index (Phi) is 5.40. The van der Waals surface area contributed by atoms with E-state index < -0.39 is 5.54 Å². The van der Waals surface area contributed by atoms with Gasteiger partial charge in [0, 0.05) is 6.20 Å². The van der Waals surface area contributed by atoms with Gasteiger partial charge in [0.2, 0.25) is 5.91 Å². The fourth-order valence-corrected chi connectivity index (χ4v) is 2.98. The molecule has 23 heavy (non-hydrogen) atoms. The van der Waals surface area contributed by atoms with Crippen molar-refractivity contribution in [2.24, 2.45) is 5.92 Å². The van der Waals surface area contributed by atoms with Crippen LogP contribution in [0.3, 0.4) is 0 Å². The SMILES string of the molecule is CC(C)C(C)(C#N)NC(=O)CSc1nnc2c(Cl)cc(Cl)cn12. The molecule has 0 spiro atoms. The third kappa shape index (κ3) is 3.89. The second kappa shape index (κ2) is 6.95. The van der Waals surface area contributed by atoms with Crippen LogP contribution in [0.1, 0.15) is 20.8 Å². The van der Waals surface area contributed by atoms with Gasteiger partial charge in [0.25, 0.3) is 0 Å². The molecule has 1 amide bonds. The second-order valence-corrected chi connectivity index (χ2v) is 7.27. The Balaban J connectivity index is 2.10. The van der Waals surface area contributed by atoms with Gasteiger partial charge in [-0.1, -0.05) is 48.8 Å². The zero-order valence-electron chi connectivity index (χ0n) is 12.8. The van der Waals surface area contributed by atoms with Crippen LogP contribution in [0.2, 0.25) is 10.0 Å². The Hall–Kier alpha value is -1.49. The number of carbonyl (C=O) groups is 1. The molecule has 0 fully saturated rings. The molecule has 2 heterocycles. The summed E-state index contributed by atoms with van der Waals surface area (Å²) in [5.74, 6) is -0.153. The minimum absolute atomic E-state index is 0.00650. The number of nitrogens with one attached hydrogen (secondary N) is 1. The summed E-state index contributed by atoms with van der Waals surface area (Å²) >= 11 is 13.2. The van der Waals surface area contributed by atoms with Crippen LogP contribution in [-0.2, 0) is 4.79 Å². The third-order valence-corrected chi connectivity index (χ3v) is 4.94. The molecule has 0 bridgehead atoms. The van der Waals surface area contributed by atoms with E-state index in [1.807, 2.05) is 13.8 Å². The van der Waals surface area contributed by atoms with E-state index in [4.69, 9.17) is 23.2 Å². The molecule has 1 N–H and O–H groups in total. The number of nitriles is 1. The monoisotopic (exact) mass is 371 g/mol. The Morgan fingerprint density at radius 1 is 1.52 bits per heavy atom. The van der Waals surface area contributed by atoms with Crippen molar-refractivity contribution in [2.45, 2.75) is 31.5 Å². The maximum absolute atomic E-state index is 12.1. The van der Waals surface area contributed by atoms with Crippen molar-refractivity contribution >= 4 is 46.5 Å². The quantitative estimate of drug-likeness (QED) is 0.815. The summed E-state index contributed by atoms with van der Waals surface area (Å²) in [6.45, 7) is 5.46. The first-order valence-electron chi connectivity index (χ1n) is 6.81. The fraction of sp³-hybridized carbons (Fsp3) is 0.429. The van der Waals surface area contributed by atoms with Crippen LogP contribution >= 0.6 is 35.0 Å². The molecule has 1 atom stereocenters. The maximum atomic E-state index is 12.1. The molecular formula is C14H15Cl2N5OS. The van der Waals surface area contributed by atoms with E-state index in [9.17, 15) is 10.1 Å². The molecule has 122 valence electrons. The van der Waals surface area contributed by atoms with Gasteiger partial charge in [0.05, 0.1) is 21.9 Å². The highest BCUT2D eigenvalue weighted by molar-refractivity contribution is 7.99. The van der Waals surface area contributed by atoms with Crippen LogP contribution in [0.15, 0.2) is 17.4 Å². The Bertz CT molecular complexity index is 785. The van der Waals surface area contributed by atoms with Crippen LogP contribution in [0.25, 0.3) is 5.65 Å². The van der Waals surface area contributed by atoms with Crippen LogP contribution in [0.4, 0.5) is 0 Å². The normalized spacial score (nSPS) is 13.8. The average Bonchev–Trinajstić information content (AvgIpc) is 2.88. The number of carbonyl (C=O) groups excluding carboxylic acids is 1. The van der Waals surface area contributed by atoms with Crippen LogP contribution in [0, 0.1) is 17.2 Å². The molecule has 2 aromatic heterocycles. The molecule has 0 radical (unpaired) electrons. The smallest absolute Gasteiger partial charge is 0.231 e. The van der Waals surface area contributed by atoms with Crippen molar-refractivity contribution < 1.29 is 4.79 Å². The van der Waals surface area contributed by atoms with E-state index in [0.29, 0.717) is 20.8 Å². The van der Waals surface area contributed by atoms with Gasteiger partial charge in [-0.3, -0.25) is 9.20 Å². The Labute approximate surface area is 148 Å². The maximum Gasteiger partial charge on any atom is 0.231 e. The standard InChI is InChI=1S/C14H15Cl2N5OS/c1-8(2)14(3,7-17)18-11(22)6-23-13-20-19-12-10(16)4-9(15)5-21(12)13/h4-5,8H,6H2,1-3H3,(H,18,22). The molecule has 6 nitrogen and oxygen atoms in total. The number of halogens is 2. The predicted octanol–water partition coefficient (Wildman–Crippen LogP) is 3.18. The van der Waals surface area contributed by atoms with Crippen LogP contribution in [-0.4, -0.2) is 31.8 Å². The summed E-state index contributed by atoms with van der Waals surface area (Å²) in [5, 5.41) is 21.3. The minimum atomic E-state index is -0.906. The molecule has 0 aliphatic carbocycles. The largest absolute Gasteiger partial charge is 0.337 e. The van der Waals surface area contributed by atoms with Gasteiger partial charge in [-0.25, -0.2) is 0 Å². The number of thioether (sulfide) groups is 1. The van der Waals surface area contributed by atoms with E-state index in [0.717, 1.165) is 0 Å². The molecule has 0 aliphatic heterocycles. The lowest BCUT2D eigenvalue weighted by atomic mass is 9.90. The molecule has 0 aromatic carbocycles. The number of nitrogens with zero attached hydrogens (tertiary/aromatic N) is 4. The van der Waals surface area contributed by atoms with Gasteiger partial charge >= 0.3 is 0 Å². The van der Waals surface area contributed by atoms with E-state index in [2.05, 4.69) is 21.6 Å². The van der Waals surface area contributed by atoms with Crippen molar-refractivity contribution in [2.75, 3.05) is 5.75 Å². The zero-order valence-corrected chi connectivity index (χ0v) is 15.1. The van der Waals surface area contributed by atoms with Crippen molar-refractivity contribution in [3.8, 4) is 6.07 Å². The Morgan fingerprint density at radius 3 is 2.83 bits per heavy atom. The first-order chi connectivity index (χ1) is 10.8. The zero-order chi connectivity index (χ0) is 17.2. The summed E-state index contributed by atoms with van der Waals surface area (Å²) in [6.07, 6.45) is 1.64. The number of rotatable bonds is 5. The highest BCUT2D eigenvalue weighted by atomic mass is 35.5. The molecule has 1 unspecified atom stereocenters. The van der Waals surface area contributed by atoms with Crippen LogP contribution < -0.4 is 5.32 Å². The molecule has 0 saturated carbocycles. The van der Waals surface area contributed by atoms with Crippen molar-refractivity contribution in [1.82, 2.24) is 19.9 Å². The number of hydrogen-bond acceptors (Lipinski definition) is 5. The average molecular weight is 372 g/mol. The van der Waals surface area contributed by atoms with Crippen LogP contribution in [0.5, 0.6) is 0 Å². The first-order valence-corrected chi connectivity index (χ1v) is 8.56. The predicted molar refractivity (Wildman–Crippen MR) is 90.7 cm³/mol. The summed E-state index contributed by atoms with van der Waals surface area (Å²) in [6, 6.07) is 3.72. The summed E-state index contributed by atoms with van der Waals surface area (Å²) < 4.78 is 1.63. The van der Waals surface area contributed by atoms with Gasteiger partial charge < -0.3 is 5.32 Å². The van der Waals surface area contributed by atoms with E-state index in [-0.39, 0.29) is 17.6 Å². The van der Waals surface area contributed by atoms with Gasteiger partial charge in [0.1, 0.15) is 5.54 Å². The molecule has 2 aromatic rings. The lowest BCUT2D eigenvalue weighted by Crippen LogP contribution is -2.49. The number of pyridine rings is 1. The van der Waals surface area contributed by atoms with Gasteiger partial charge in [-0.05, 0) is 18.9 Å². The van der Waals surface area contributed by atoms with Gasteiger partial charge in [-0.15, -0.1) is 10.2 Å². The number of aromatic nitrogens is 3. The topological polar surface area (TPSA) is 83.1 Å². The minimum Gasteiger partial charge on any atom is -0.337 e. The lowest BCUT2D eigenvalue weighted by molar-refractivity contribution is -0.120. The highest BCUT2D eigenvalue weighted by Crippen LogP contribution is 2.25. The van der Waals surface area contributed by atoms with E-state index >= 15 is 0 Å². The van der Waals surface area contributed by atoms with Crippen molar-refractivity contribution in [3.05, 3.63) is 22.3 Å². The van der Waals surface area contributed by atoms with Gasteiger partial charge in [0.15, 0.2) is 10.8 Å². The number of amides is 1. The highest BCUT2D eigenvalue weighted by Gasteiger charge is 2.30. The molecule has 9 heteroatoms. The summed E-state index contributed by atoms with van der Waals surface area (Å²) in [4.78, 5) is 12.1. The summed E-state index contributed by atoms with van der Waals surface area (Å²) in [7, 11) is 0. The van der Waals surface area contributed by atoms with Crippen molar-refractivity contribution in [1.29, 1.82) is 5.26 Å². The first kappa shape index (κ1) is 17.9. The molecule has 0 aliphatic rings. The number of hydrogen-bond donors (Lipinski definition) is 1. The lowest BCUT2D eigenvalue weighted by Gasteiger charge is -2.27. The Morgan fingerprint density at radius 2 is 2.22 bits per heavy atom. The molecule has 0 saturated heterocycles. The second-order valence-electron chi connectivity index (χ2n) is 5.49. The molecule has 2 rings (SSSR count). The summed E-state index contributed by atoms with van der Waals surface area (Å²) in [5.41, 5.74) is -0.431. The fourth-order valence-electron chi connectivity index (χ4n) is 1.76. The van der Waals surface area contributed by atoms with E-state index in [1.165, 1.54) is 11.8 Å².